The smallest absolute Gasteiger partial charge is 0.269 e. The molecule has 1 aromatic heterocycles. The van der Waals surface area contributed by atoms with E-state index in [4.69, 9.17) is 0 Å². The SMILES string of the molecule is CC(CNC(=O)c1cnn(-c2ccc([N+](=O)[O-])cc2)c1)CN1CCCCC1. The van der Waals surface area contributed by atoms with Crippen molar-refractivity contribution in [1.29, 1.82) is 0 Å². The van der Waals surface area contributed by atoms with Crippen molar-refractivity contribution in [3.8, 4) is 5.69 Å². The maximum absolute atomic E-state index is 12.4. The maximum Gasteiger partial charge on any atom is 0.269 e. The molecule has 1 atom stereocenters. The van der Waals surface area contributed by atoms with Gasteiger partial charge in [0.1, 0.15) is 0 Å². The van der Waals surface area contributed by atoms with Crippen LogP contribution in [0, 0.1) is 16.0 Å². The minimum atomic E-state index is -0.448. The number of nitrogens with zero attached hydrogens (tertiary/aromatic N) is 4. The van der Waals surface area contributed by atoms with Crippen LogP contribution in [0.25, 0.3) is 5.69 Å². The van der Waals surface area contributed by atoms with Crippen LogP contribution in [-0.2, 0) is 0 Å². The second kappa shape index (κ2) is 8.77. The van der Waals surface area contributed by atoms with E-state index >= 15 is 0 Å². The molecule has 1 unspecified atom stereocenters. The number of carbonyl (C=O) groups excluding carboxylic acids is 1. The topological polar surface area (TPSA) is 93.3 Å². The number of benzene rings is 1. The molecule has 0 aliphatic carbocycles. The molecule has 1 aliphatic rings. The van der Waals surface area contributed by atoms with Gasteiger partial charge >= 0.3 is 0 Å². The van der Waals surface area contributed by atoms with Gasteiger partial charge in [-0.05, 0) is 44.0 Å². The molecule has 0 bridgehead atoms. The van der Waals surface area contributed by atoms with Gasteiger partial charge in [0.15, 0.2) is 0 Å². The van der Waals surface area contributed by atoms with Crippen LogP contribution < -0.4 is 5.32 Å². The van der Waals surface area contributed by atoms with Crippen molar-refractivity contribution in [2.45, 2.75) is 26.2 Å². The van der Waals surface area contributed by atoms with E-state index in [9.17, 15) is 14.9 Å². The number of non-ortho nitro benzene ring substituents is 1. The van der Waals surface area contributed by atoms with Crippen LogP contribution in [0.3, 0.4) is 0 Å². The fraction of sp³-hybridized carbons (Fsp3) is 0.474. The Morgan fingerprint density at radius 2 is 1.96 bits per heavy atom. The third kappa shape index (κ3) is 5.13. The van der Waals surface area contributed by atoms with E-state index in [0.29, 0.717) is 23.7 Å². The minimum absolute atomic E-state index is 0.0200. The molecule has 1 aliphatic heterocycles. The lowest BCUT2D eigenvalue weighted by atomic mass is 10.1. The van der Waals surface area contributed by atoms with Crippen LogP contribution in [0.15, 0.2) is 36.7 Å². The van der Waals surface area contributed by atoms with Gasteiger partial charge in [-0.15, -0.1) is 0 Å². The van der Waals surface area contributed by atoms with Gasteiger partial charge in [0.2, 0.25) is 0 Å². The molecule has 1 aromatic carbocycles. The van der Waals surface area contributed by atoms with E-state index in [1.54, 1.807) is 18.3 Å². The van der Waals surface area contributed by atoms with Crippen LogP contribution in [0.2, 0.25) is 0 Å². The van der Waals surface area contributed by atoms with Crippen LogP contribution in [0.4, 0.5) is 5.69 Å². The van der Waals surface area contributed by atoms with Crippen LogP contribution >= 0.6 is 0 Å². The van der Waals surface area contributed by atoms with Crippen molar-refractivity contribution in [3.63, 3.8) is 0 Å². The second-order valence-corrected chi connectivity index (χ2v) is 7.12. The first-order chi connectivity index (χ1) is 13.0. The Kier molecular flexibility index (Phi) is 6.18. The van der Waals surface area contributed by atoms with Gasteiger partial charge in [0.05, 0.1) is 22.4 Å². The summed E-state index contributed by atoms with van der Waals surface area (Å²) in [6, 6.07) is 6.04. The first-order valence-electron chi connectivity index (χ1n) is 9.33. The average Bonchev–Trinajstić information content (AvgIpc) is 3.17. The van der Waals surface area contributed by atoms with Gasteiger partial charge in [-0.25, -0.2) is 4.68 Å². The summed E-state index contributed by atoms with van der Waals surface area (Å²) in [5.41, 5.74) is 1.16. The van der Waals surface area contributed by atoms with E-state index in [1.807, 2.05) is 0 Å². The lowest BCUT2D eigenvalue weighted by Gasteiger charge is -2.29. The van der Waals surface area contributed by atoms with Crippen LogP contribution in [-0.4, -0.2) is 51.7 Å². The first kappa shape index (κ1) is 19.0. The highest BCUT2D eigenvalue weighted by Gasteiger charge is 2.15. The molecule has 1 saturated heterocycles. The standard InChI is InChI=1S/C19H25N5O3/c1-15(13-22-9-3-2-4-10-22)11-20-19(25)16-12-21-23(14-16)17-5-7-18(8-6-17)24(26)27/h5-8,12,14-15H,2-4,9-11,13H2,1H3,(H,20,25). The zero-order valence-electron chi connectivity index (χ0n) is 15.5. The molecule has 2 heterocycles. The summed E-state index contributed by atoms with van der Waals surface area (Å²) in [6.45, 7) is 6.08. The van der Waals surface area contributed by atoms with E-state index in [2.05, 4.69) is 22.2 Å². The monoisotopic (exact) mass is 371 g/mol. The number of hydrogen-bond donors (Lipinski definition) is 1. The predicted molar refractivity (Wildman–Crippen MR) is 102 cm³/mol. The quantitative estimate of drug-likeness (QED) is 0.596. The number of nitro benzene ring substituents is 1. The molecule has 144 valence electrons. The highest BCUT2D eigenvalue weighted by Crippen LogP contribution is 2.15. The largest absolute Gasteiger partial charge is 0.352 e. The van der Waals surface area contributed by atoms with Crippen molar-refractivity contribution in [1.82, 2.24) is 20.0 Å². The fourth-order valence-corrected chi connectivity index (χ4v) is 3.32. The van der Waals surface area contributed by atoms with Crippen LogP contribution in [0.1, 0.15) is 36.5 Å². The summed E-state index contributed by atoms with van der Waals surface area (Å²) in [5, 5.41) is 17.9. The zero-order chi connectivity index (χ0) is 19.2. The van der Waals surface area contributed by atoms with Gasteiger partial charge in [-0.2, -0.15) is 5.10 Å². The zero-order valence-corrected chi connectivity index (χ0v) is 15.5. The Labute approximate surface area is 158 Å². The third-order valence-corrected chi connectivity index (χ3v) is 4.80. The molecule has 1 N–H and O–H groups in total. The average molecular weight is 371 g/mol. The van der Waals surface area contributed by atoms with Crippen molar-refractivity contribution < 1.29 is 9.72 Å². The van der Waals surface area contributed by atoms with Gasteiger partial charge < -0.3 is 10.2 Å². The molecule has 2 aromatic rings. The van der Waals surface area contributed by atoms with Crippen molar-refractivity contribution >= 4 is 11.6 Å². The second-order valence-electron chi connectivity index (χ2n) is 7.12. The molecule has 0 radical (unpaired) electrons. The summed E-state index contributed by atoms with van der Waals surface area (Å²) in [6.07, 6.45) is 6.99. The summed E-state index contributed by atoms with van der Waals surface area (Å²) in [5.74, 6) is 0.227. The normalized spacial score (nSPS) is 16.0. The highest BCUT2D eigenvalue weighted by atomic mass is 16.6. The molecule has 0 saturated carbocycles. The number of rotatable bonds is 7. The minimum Gasteiger partial charge on any atom is -0.352 e. The van der Waals surface area contributed by atoms with E-state index < -0.39 is 4.92 Å². The molecular formula is C19H25N5O3. The lowest BCUT2D eigenvalue weighted by Crippen LogP contribution is -2.38. The summed E-state index contributed by atoms with van der Waals surface area (Å²) >= 11 is 0. The summed E-state index contributed by atoms with van der Waals surface area (Å²) in [7, 11) is 0. The van der Waals surface area contributed by atoms with Gasteiger partial charge in [-0.1, -0.05) is 13.3 Å². The molecule has 1 fully saturated rings. The number of hydrogen-bond acceptors (Lipinski definition) is 5. The van der Waals surface area contributed by atoms with E-state index in [1.165, 1.54) is 42.3 Å². The van der Waals surface area contributed by atoms with Gasteiger partial charge in [-0.3, -0.25) is 14.9 Å². The number of nitro groups is 1. The Balaban J connectivity index is 1.52. The fourth-order valence-electron chi connectivity index (χ4n) is 3.32. The summed E-state index contributed by atoms with van der Waals surface area (Å²) < 4.78 is 1.54. The Morgan fingerprint density at radius 1 is 1.26 bits per heavy atom. The molecule has 1 amide bonds. The molecular weight excluding hydrogens is 346 g/mol. The number of carbonyl (C=O) groups is 1. The Bertz CT molecular complexity index is 781. The number of amides is 1. The highest BCUT2D eigenvalue weighted by molar-refractivity contribution is 5.93. The third-order valence-electron chi connectivity index (χ3n) is 4.80. The van der Waals surface area contributed by atoms with Gasteiger partial charge in [0.25, 0.3) is 11.6 Å². The predicted octanol–water partition coefficient (Wildman–Crippen LogP) is 2.63. The van der Waals surface area contributed by atoms with Crippen LogP contribution in [0.5, 0.6) is 0 Å². The summed E-state index contributed by atoms with van der Waals surface area (Å²) in [4.78, 5) is 25.1. The molecule has 8 heteroatoms. The number of nitrogens with one attached hydrogen (secondary N) is 1. The maximum atomic E-state index is 12.4. The molecule has 0 spiro atoms. The van der Waals surface area contributed by atoms with E-state index in [-0.39, 0.29) is 11.6 Å². The first-order valence-corrected chi connectivity index (χ1v) is 9.33. The lowest BCUT2D eigenvalue weighted by molar-refractivity contribution is -0.384. The molecule has 8 nitrogen and oxygen atoms in total. The molecule has 27 heavy (non-hydrogen) atoms. The number of aromatic nitrogens is 2. The number of piperidine rings is 1. The van der Waals surface area contributed by atoms with E-state index in [0.717, 1.165) is 19.6 Å². The number of likely N-dealkylation sites (tertiary alicyclic amines) is 1. The van der Waals surface area contributed by atoms with Gasteiger partial charge in [0, 0.05) is 31.4 Å². The van der Waals surface area contributed by atoms with Crippen molar-refractivity contribution in [2.24, 2.45) is 5.92 Å². The van der Waals surface area contributed by atoms with Crippen molar-refractivity contribution in [2.75, 3.05) is 26.2 Å². The van der Waals surface area contributed by atoms with Crippen molar-refractivity contribution in [3.05, 3.63) is 52.3 Å². The molecule has 3 rings (SSSR count). The Hall–Kier alpha value is -2.74. The Morgan fingerprint density at radius 3 is 2.63 bits per heavy atom.